The molecule has 0 bridgehead atoms. The lowest BCUT2D eigenvalue weighted by Crippen LogP contribution is -2.46. The van der Waals surface area contributed by atoms with Gasteiger partial charge in [-0.3, -0.25) is 0 Å². The average Bonchev–Trinajstić information content (AvgIpc) is 2.49. The van der Waals surface area contributed by atoms with Gasteiger partial charge in [0.05, 0.1) is 0 Å². The maximum atomic E-state index is 6.24. The summed E-state index contributed by atoms with van der Waals surface area (Å²) in [6.45, 7) is 0.461. The van der Waals surface area contributed by atoms with Crippen LogP contribution in [-0.2, 0) is 6.42 Å². The van der Waals surface area contributed by atoms with Crippen molar-refractivity contribution in [2.45, 2.75) is 18.6 Å². The van der Waals surface area contributed by atoms with E-state index in [4.69, 9.17) is 26.8 Å². The number of hydrogen-bond donors (Lipinski definition) is 1. The van der Waals surface area contributed by atoms with E-state index in [9.17, 15) is 0 Å². The molecule has 0 aromatic heterocycles. The Kier molecular flexibility index (Phi) is 3.81. The molecule has 0 fully saturated rings. The molecule has 0 spiro atoms. The third kappa shape index (κ3) is 2.74. The predicted molar refractivity (Wildman–Crippen MR) is 79.5 cm³/mol. The van der Waals surface area contributed by atoms with Gasteiger partial charge in [0.1, 0.15) is 12.7 Å². The van der Waals surface area contributed by atoms with Crippen LogP contribution in [0.5, 0.6) is 11.5 Å². The number of halogens is 1. The van der Waals surface area contributed by atoms with Gasteiger partial charge >= 0.3 is 0 Å². The molecule has 0 saturated carbocycles. The molecule has 1 heterocycles. The normalized spacial score (nSPS) is 18.6. The molecule has 0 saturated heterocycles. The topological polar surface area (TPSA) is 44.5 Å². The molecule has 0 aliphatic carbocycles. The molecule has 1 aliphatic heterocycles. The Balaban J connectivity index is 1.70. The van der Waals surface area contributed by atoms with Gasteiger partial charge in [-0.2, -0.15) is 0 Å². The van der Waals surface area contributed by atoms with Crippen molar-refractivity contribution in [2.24, 2.45) is 5.73 Å². The van der Waals surface area contributed by atoms with Crippen molar-refractivity contribution in [1.82, 2.24) is 0 Å². The summed E-state index contributed by atoms with van der Waals surface area (Å²) in [7, 11) is 0. The van der Waals surface area contributed by atoms with Gasteiger partial charge < -0.3 is 15.2 Å². The summed E-state index contributed by atoms with van der Waals surface area (Å²) in [5, 5.41) is 0.736. The van der Waals surface area contributed by atoms with E-state index in [0.29, 0.717) is 13.0 Å². The van der Waals surface area contributed by atoms with E-state index in [2.05, 4.69) is 0 Å². The van der Waals surface area contributed by atoms with Crippen molar-refractivity contribution in [3.8, 4) is 11.5 Å². The van der Waals surface area contributed by atoms with E-state index in [1.54, 1.807) is 0 Å². The van der Waals surface area contributed by atoms with Crippen LogP contribution in [0.15, 0.2) is 48.5 Å². The van der Waals surface area contributed by atoms with Gasteiger partial charge in [0.25, 0.3) is 0 Å². The Bertz CT molecular complexity index is 603. The smallest absolute Gasteiger partial charge is 0.161 e. The minimum absolute atomic E-state index is 0.164. The van der Waals surface area contributed by atoms with Crippen LogP contribution in [0.4, 0.5) is 0 Å². The number of fused-ring (bicyclic) bond motifs is 1. The summed E-state index contributed by atoms with van der Waals surface area (Å²) in [6.07, 6.45) is 0.497. The summed E-state index contributed by atoms with van der Waals surface area (Å²) >= 11 is 6.16. The highest BCUT2D eigenvalue weighted by atomic mass is 35.5. The zero-order valence-corrected chi connectivity index (χ0v) is 11.7. The molecule has 2 unspecified atom stereocenters. The average molecular weight is 290 g/mol. The maximum Gasteiger partial charge on any atom is 0.161 e. The highest BCUT2D eigenvalue weighted by Gasteiger charge is 2.26. The lowest BCUT2D eigenvalue weighted by Gasteiger charge is -2.30. The van der Waals surface area contributed by atoms with E-state index >= 15 is 0 Å². The molecule has 0 amide bonds. The van der Waals surface area contributed by atoms with Crippen LogP contribution in [0.25, 0.3) is 0 Å². The highest BCUT2D eigenvalue weighted by Crippen LogP contribution is 2.32. The van der Waals surface area contributed by atoms with Crippen LogP contribution in [0, 0.1) is 0 Å². The Labute approximate surface area is 123 Å². The van der Waals surface area contributed by atoms with Crippen molar-refractivity contribution in [3.05, 3.63) is 59.1 Å². The monoisotopic (exact) mass is 289 g/mol. The molecular weight excluding hydrogens is 274 g/mol. The fourth-order valence-corrected chi connectivity index (χ4v) is 2.51. The van der Waals surface area contributed by atoms with Gasteiger partial charge in [-0.1, -0.05) is 41.9 Å². The van der Waals surface area contributed by atoms with Crippen molar-refractivity contribution < 1.29 is 9.47 Å². The second-order valence-corrected chi connectivity index (χ2v) is 5.28. The maximum absolute atomic E-state index is 6.24. The van der Waals surface area contributed by atoms with Crippen molar-refractivity contribution in [1.29, 1.82) is 0 Å². The number of nitrogens with two attached hydrogens (primary N) is 1. The third-order valence-electron chi connectivity index (χ3n) is 3.42. The number of ether oxygens (including phenoxy) is 2. The zero-order chi connectivity index (χ0) is 13.9. The van der Waals surface area contributed by atoms with Crippen LogP contribution in [-0.4, -0.2) is 18.8 Å². The SMILES string of the molecule is NC(Cc1ccccc1Cl)C1COc2ccccc2O1. The number of para-hydroxylation sites is 2. The lowest BCUT2D eigenvalue weighted by molar-refractivity contribution is 0.0723. The standard InChI is InChI=1S/C16H16ClNO2/c17-12-6-2-1-5-11(12)9-13(18)16-10-19-14-7-3-4-8-15(14)20-16/h1-8,13,16H,9-10,18H2. The van der Waals surface area contributed by atoms with Gasteiger partial charge in [-0.25, -0.2) is 0 Å². The Morgan fingerprint density at radius 2 is 1.80 bits per heavy atom. The summed E-state index contributed by atoms with van der Waals surface area (Å²) in [5.41, 5.74) is 7.27. The highest BCUT2D eigenvalue weighted by molar-refractivity contribution is 6.31. The van der Waals surface area contributed by atoms with E-state index in [-0.39, 0.29) is 12.1 Å². The number of rotatable bonds is 3. The summed E-state index contributed by atoms with van der Waals surface area (Å²) in [4.78, 5) is 0. The molecule has 20 heavy (non-hydrogen) atoms. The van der Waals surface area contributed by atoms with Gasteiger partial charge in [0, 0.05) is 11.1 Å². The summed E-state index contributed by atoms with van der Waals surface area (Å²) in [6, 6.07) is 15.2. The molecule has 2 aromatic rings. The minimum Gasteiger partial charge on any atom is -0.486 e. The summed E-state index contributed by atoms with van der Waals surface area (Å²) < 4.78 is 11.6. The number of hydrogen-bond acceptors (Lipinski definition) is 3. The minimum atomic E-state index is -0.166. The second-order valence-electron chi connectivity index (χ2n) is 4.87. The Morgan fingerprint density at radius 1 is 1.10 bits per heavy atom. The van der Waals surface area contributed by atoms with Gasteiger partial charge in [0.15, 0.2) is 11.5 Å². The van der Waals surface area contributed by atoms with E-state index in [0.717, 1.165) is 22.1 Å². The molecule has 1 aliphatic rings. The lowest BCUT2D eigenvalue weighted by atomic mass is 10.0. The van der Waals surface area contributed by atoms with E-state index < -0.39 is 0 Å². The molecule has 2 atom stereocenters. The van der Waals surface area contributed by atoms with Crippen LogP contribution >= 0.6 is 11.6 Å². The van der Waals surface area contributed by atoms with Crippen LogP contribution in [0.3, 0.4) is 0 Å². The molecule has 2 N–H and O–H groups in total. The first-order chi connectivity index (χ1) is 9.74. The first kappa shape index (κ1) is 13.3. The van der Waals surface area contributed by atoms with Gasteiger partial charge in [-0.15, -0.1) is 0 Å². The fourth-order valence-electron chi connectivity index (χ4n) is 2.30. The molecule has 0 radical (unpaired) electrons. The third-order valence-corrected chi connectivity index (χ3v) is 3.79. The first-order valence-electron chi connectivity index (χ1n) is 6.61. The molecule has 3 rings (SSSR count). The number of benzene rings is 2. The zero-order valence-electron chi connectivity index (χ0n) is 11.0. The molecule has 2 aromatic carbocycles. The Morgan fingerprint density at radius 3 is 2.60 bits per heavy atom. The fraction of sp³-hybridized carbons (Fsp3) is 0.250. The second kappa shape index (κ2) is 5.73. The molecule has 4 heteroatoms. The van der Waals surface area contributed by atoms with Gasteiger partial charge in [0.2, 0.25) is 0 Å². The van der Waals surface area contributed by atoms with Crippen molar-refractivity contribution in [2.75, 3.05) is 6.61 Å². The molecule has 104 valence electrons. The van der Waals surface area contributed by atoms with Crippen LogP contribution in [0.2, 0.25) is 5.02 Å². The van der Waals surface area contributed by atoms with Crippen LogP contribution < -0.4 is 15.2 Å². The quantitative estimate of drug-likeness (QED) is 0.944. The summed E-state index contributed by atoms with van der Waals surface area (Å²) in [5.74, 6) is 1.52. The first-order valence-corrected chi connectivity index (χ1v) is 6.99. The molecular formula is C16H16ClNO2. The van der Waals surface area contributed by atoms with Crippen LogP contribution in [0.1, 0.15) is 5.56 Å². The van der Waals surface area contributed by atoms with Crippen molar-refractivity contribution >= 4 is 11.6 Å². The van der Waals surface area contributed by atoms with Crippen molar-refractivity contribution in [3.63, 3.8) is 0 Å². The Hall–Kier alpha value is -1.71. The van der Waals surface area contributed by atoms with E-state index in [1.165, 1.54) is 0 Å². The van der Waals surface area contributed by atoms with Gasteiger partial charge in [-0.05, 0) is 30.2 Å². The molecule has 3 nitrogen and oxygen atoms in total. The largest absolute Gasteiger partial charge is 0.486 e. The predicted octanol–water partition coefficient (Wildman–Crippen LogP) is 3.05. The van der Waals surface area contributed by atoms with E-state index in [1.807, 2.05) is 48.5 Å².